The van der Waals surface area contributed by atoms with Crippen molar-refractivity contribution in [3.05, 3.63) is 41.1 Å². The molecule has 0 saturated heterocycles. The molecule has 1 atom stereocenters. The SMILES string of the molecule is Cc1nc(NC2CC(OCc3ccc(F)c(F)c3)C2)nc2c1NC(=O)[C@H](C)N2C. The third-order valence-corrected chi connectivity index (χ3v) is 5.51. The van der Waals surface area contributed by atoms with Crippen molar-refractivity contribution in [2.45, 2.75) is 51.5 Å². The second-order valence-electron chi connectivity index (χ2n) is 7.60. The minimum Gasteiger partial charge on any atom is -0.373 e. The Bertz CT molecular complexity index is 949. The molecule has 29 heavy (non-hydrogen) atoms. The molecule has 0 unspecified atom stereocenters. The first-order chi connectivity index (χ1) is 13.8. The highest BCUT2D eigenvalue weighted by Crippen LogP contribution is 2.33. The molecule has 1 fully saturated rings. The molecule has 0 spiro atoms. The number of nitrogens with one attached hydrogen (secondary N) is 2. The monoisotopic (exact) mass is 403 g/mol. The summed E-state index contributed by atoms with van der Waals surface area (Å²) in [5.41, 5.74) is 1.95. The van der Waals surface area contributed by atoms with Crippen molar-refractivity contribution in [2.75, 3.05) is 22.6 Å². The molecule has 1 saturated carbocycles. The number of ether oxygens (including phenoxy) is 1. The van der Waals surface area contributed by atoms with Gasteiger partial charge in [0.25, 0.3) is 0 Å². The number of halogens is 2. The number of anilines is 3. The van der Waals surface area contributed by atoms with E-state index in [1.807, 2.05) is 25.8 Å². The van der Waals surface area contributed by atoms with Gasteiger partial charge in [0.2, 0.25) is 11.9 Å². The number of carbonyl (C=O) groups excluding carboxylic acids is 1. The van der Waals surface area contributed by atoms with Crippen LogP contribution in [0.15, 0.2) is 18.2 Å². The first kappa shape index (κ1) is 19.5. The van der Waals surface area contributed by atoms with E-state index in [2.05, 4.69) is 20.6 Å². The van der Waals surface area contributed by atoms with Gasteiger partial charge >= 0.3 is 0 Å². The molecule has 1 amide bonds. The van der Waals surface area contributed by atoms with Crippen molar-refractivity contribution in [1.29, 1.82) is 0 Å². The van der Waals surface area contributed by atoms with E-state index in [1.54, 1.807) is 0 Å². The van der Waals surface area contributed by atoms with Crippen molar-refractivity contribution >= 4 is 23.4 Å². The number of nitrogens with zero attached hydrogens (tertiary/aromatic N) is 3. The Morgan fingerprint density at radius 3 is 2.76 bits per heavy atom. The van der Waals surface area contributed by atoms with E-state index in [4.69, 9.17) is 4.74 Å². The second-order valence-corrected chi connectivity index (χ2v) is 7.60. The van der Waals surface area contributed by atoms with Gasteiger partial charge in [0.05, 0.1) is 18.4 Å². The van der Waals surface area contributed by atoms with Crippen LogP contribution in [0, 0.1) is 18.6 Å². The Labute approximate surface area is 167 Å². The van der Waals surface area contributed by atoms with Crippen LogP contribution in [-0.2, 0) is 16.1 Å². The molecule has 0 bridgehead atoms. The van der Waals surface area contributed by atoms with E-state index in [0.29, 0.717) is 28.7 Å². The zero-order chi connectivity index (χ0) is 20.7. The maximum absolute atomic E-state index is 13.2. The zero-order valence-electron chi connectivity index (χ0n) is 16.5. The summed E-state index contributed by atoms with van der Waals surface area (Å²) in [5.74, 6) is -0.596. The highest BCUT2D eigenvalue weighted by Gasteiger charge is 2.33. The standard InChI is InChI=1S/C20H23F2N5O2/c1-10-17-18(27(3)11(2)19(28)25-17)26-20(23-10)24-13-7-14(8-13)29-9-12-4-5-15(21)16(22)6-12/h4-6,11,13-14H,7-9H2,1-3H3,(H,25,28)(H,23,24,26)/t11-,13?,14?/m0/s1. The van der Waals surface area contributed by atoms with E-state index in [1.165, 1.54) is 6.07 Å². The van der Waals surface area contributed by atoms with Crippen LogP contribution >= 0.6 is 0 Å². The van der Waals surface area contributed by atoms with Gasteiger partial charge in [0.1, 0.15) is 11.7 Å². The fraction of sp³-hybridized carbons (Fsp3) is 0.450. The Hall–Kier alpha value is -2.81. The minimum absolute atomic E-state index is 0.0429. The number of hydrogen-bond acceptors (Lipinski definition) is 6. The molecule has 1 aliphatic heterocycles. The summed E-state index contributed by atoms with van der Waals surface area (Å²) < 4.78 is 32.0. The first-order valence-corrected chi connectivity index (χ1v) is 9.56. The maximum Gasteiger partial charge on any atom is 0.246 e. The molecule has 2 aromatic rings. The summed E-state index contributed by atoms with van der Waals surface area (Å²) in [7, 11) is 1.84. The molecule has 4 rings (SSSR count). The summed E-state index contributed by atoms with van der Waals surface area (Å²) in [4.78, 5) is 22.9. The number of aryl methyl sites for hydroxylation is 1. The van der Waals surface area contributed by atoms with Crippen LogP contribution in [0.4, 0.5) is 26.2 Å². The molecule has 1 aliphatic carbocycles. The van der Waals surface area contributed by atoms with E-state index >= 15 is 0 Å². The van der Waals surface area contributed by atoms with Crippen molar-refractivity contribution < 1.29 is 18.3 Å². The van der Waals surface area contributed by atoms with Crippen LogP contribution < -0.4 is 15.5 Å². The van der Waals surface area contributed by atoms with Crippen LogP contribution in [0.5, 0.6) is 0 Å². The van der Waals surface area contributed by atoms with Gasteiger partial charge in [-0.1, -0.05) is 6.07 Å². The molecule has 7 nitrogen and oxygen atoms in total. The van der Waals surface area contributed by atoms with E-state index < -0.39 is 11.6 Å². The number of benzene rings is 1. The molecular weight excluding hydrogens is 380 g/mol. The highest BCUT2D eigenvalue weighted by atomic mass is 19.2. The fourth-order valence-corrected chi connectivity index (χ4v) is 3.46. The van der Waals surface area contributed by atoms with Gasteiger partial charge in [0.15, 0.2) is 17.5 Å². The number of carbonyl (C=O) groups is 1. The molecule has 154 valence electrons. The molecule has 2 heterocycles. The number of amides is 1. The smallest absolute Gasteiger partial charge is 0.246 e. The van der Waals surface area contributed by atoms with Gasteiger partial charge in [-0.3, -0.25) is 4.79 Å². The van der Waals surface area contributed by atoms with E-state index in [-0.39, 0.29) is 30.7 Å². The number of aromatic nitrogens is 2. The Balaban J connectivity index is 1.33. The van der Waals surface area contributed by atoms with Gasteiger partial charge in [0, 0.05) is 13.1 Å². The van der Waals surface area contributed by atoms with Gasteiger partial charge in [-0.05, 0) is 44.4 Å². The lowest BCUT2D eigenvalue weighted by molar-refractivity contribution is -0.117. The lowest BCUT2D eigenvalue weighted by Crippen LogP contribution is -2.45. The lowest BCUT2D eigenvalue weighted by atomic mass is 9.89. The summed E-state index contributed by atoms with van der Waals surface area (Å²) in [6, 6.07) is 3.65. The van der Waals surface area contributed by atoms with Gasteiger partial charge in [-0.25, -0.2) is 13.8 Å². The topological polar surface area (TPSA) is 79.4 Å². The van der Waals surface area contributed by atoms with Crippen LogP contribution in [0.25, 0.3) is 0 Å². The highest BCUT2D eigenvalue weighted by molar-refractivity contribution is 6.03. The largest absolute Gasteiger partial charge is 0.373 e. The van der Waals surface area contributed by atoms with Crippen LogP contribution in [-0.4, -0.2) is 41.1 Å². The number of rotatable bonds is 5. The maximum atomic E-state index is 13.2. The molecule has 0 radical (unpaired) electrons. The van der Waals surface area contributed by atoms with Crippen LogP contribution in [0.1, 0.15) is 31.0 Å². The molecule has 2 aliphatic rings. The van der Waals surface area contributed by atoms with Gasteiger partial charge < -0.3 is 20.3 Å². The first-order valence-electron chi connectivity index (χ1n) is 9.56. The third kappa shape index (κ3) is 3.87. The van der Waals surface area contributed by atoms with Crippen molar-refractivity contribution in [1.82, 2.24) is 9.97 Å². The predicted molar refractivity (Wildman–Crippen MR) is 105 cm³/mol. The third-order valence-electron chi connectivity index (χ3n) is 5.51. The summed E-state index contributed by atoms with van der Waals surface area (Å²) in [5, 5.41) is 6.17. The van der Waals surface area contributed by atoms with Gasteiger partial charge in [-0.15, -0.1) is 0 Å². The summed E-state index contributed by atoms with van der Waals surface area (Å²) >= 11 is 0. The number of fused-ring (bicyclic) bond motifs is 1. The lowest BCUT2D eigenvalue weighted by Gasteiger charge is -2.36. The van der Waals surface area contributed by atoms with Gasteiger partial charge in [-0.2, -0.15) is 4.98 Å². The average Bonchev–Trinajstić information content (AvgIpc) is 2.65. The van der Waals surface area contributed by atoms with Crippen molar-refractivity contribution in [3.63, 3.8) is 0 Å². The van der Waals surface area contributed by atoms with Crippen LogP contribution in [0.2, 0.25) is 0 Å². The van der Waals surface area contributed by atoms with Crippen LogP contribution in [0.3, 0.4) is 0 Å². The molecule has 9 heteroatoms. The number of likely N-dealkylation sites (N-methyl/N-ethyl adjacent to an activating group) is 1. The zero-order valence-corrected chi connectivity index (χ0v) is 16.5. The quantitative estimate of drug-likeness (QED) is 0.799. The molecule has 2 N–H and O–H groups in total. The fourth-order valence-electron chi connectivity index (χ4n) is 3.46. The van der Waals surface area contributed by atoms with Crippen molar-refractivity contribution in [2.24, 2.45) is 0 Å². The number of hydrogen-bond donors (Lipinski definition) is 2. The predicted octanol–water partition coefficient (Wildman–Crippen LogP) is 3.00. The summed E-state index contributed by atoms with van der Waals surface area (Å²) in [6.45, 7) is 3.90. The minimum atomic E-state index is -0.866. The molecule has 1 aromatic heterocycles. The Morgan fingerprint density at radius 1 is 1.28 bits per heavy atom. The normalized spacial score (nSPS) is 23.3. The Morgan fingerprint density at radius 2 is 2.03 bits per heavy atom. The Kier molecular flexibility index (Phi) is 5.08. The summed E-state index contributed by atoms with van der Waals surface area (Å²) in [6.07, 6.45) is 1.58. The van der Waals surface area contributed by atoms with E-state index in [0.717, 1.165) is 25.0 Å². The molecular formula is C20H23F2N5O2. The van der Waals surface area contributed by atoms with E-state index in [9.17, 15) is 13.6 Å². The molecule has 1 aromatic carbocycles. The average molecular weight is 403 g/mol. The second kappa shape index (κ2) is 7.55. The van der Waals surface area contributed by atoms with Crippen molar-refractivity contribution in [3.8, 4) is 0 Å².